The first-order chi connectivity index (χ1) is 9.93. The first kappa shape index (κ1) is 17.0. The first-order valence-corrected chi connectivity index (χ1v) is 7.16. The molecule has 1 unspecified atom stereocenters. The molecule has 0 bridgehead atoms. The number of hydrogen-bond donors (Lipinski definition) is 2. The number of nitrogens with one attached hydrogen (secondary N) is 2. The molecular weight excluding hydrogens is 268 g/mol. The summed E-state index contributed by atoms with van der Waals surface area (Å²) in [6, 6.07) is 7.13. The average Bonchev–Trinajstić information content (AvgIpc) is 2.46. The normalized spacial score (nSPS) is 11.9. The van der Waals surface area contributed by atoms with Crippen LogP contribution in [0.4, 0.5) is 0 Å². The van der Waals surface area contributed by atoms with Crippen LogP contribution in [0.25, 0.3) is 0 Å². The van der Waals surface area contributed by atoms with E-state index < -0.39 is 11.8 Å². The molecule has 0 aliphatic rings. The second-order valence-electron chi connectivity index (χ2n) is 5.41. The van der Waals surface area contributed by atoms with E-state index in [1.807, 2.05) is 31.2 Å². The lowest BCUT2D eigenvalue weighted by Gasteiger charge is -2.14. The van der Waals surface area contributed by atoms with Gasteiger partial charge in [-0.25, -0.2) is 0 Å². The van der Waals surface area contributed by atoms with Crippen molar-refractivity contribution in [3.63, 3.8) is 0 Å². The second kappa shape index (κ2) is 8.29. The maximum Gasteiger partial charge on any atom is 0.309 e. The van der Waals surface area contributed by atoms with Crippen LogP contribution in [-0.4, -0.2) is 25.5 Å². The predicted octanol–water partition coefficient (Wildman–Crippen LogP) is 2.03. The van der Waals surface area contributed by atoms with E-state index in [0.717, 1.165) is 17.7 Å². The minimum Gasteiger partial charge on any atom is -0.497 e. The number of carbonyl (C=O) groups excluding carboxylic acids is 2. The van der Waals surface area contributed by atoms with Crippen LogP contribution < -0.4 is 15.4 Å². The molecule has 2 amide bonds. The predicted molar refractivity (Wildman–Crippen MR) is 82.0 cm³/mol. The maximum atomic E-state index is 11.8. The van der Waals surface area contributed by atoms with Gasteiger partial charge in [-0.15, -0.1) is 0 Å². The fourth-order valence-electron chi connectivity index (χ4n) is 1.79. The lowest BCUT2D eigenvalue weighted by atomic mass is 10.1. The van der Waals surface area contributed by atoms with Gasteiger partial charge in [0.05, 0.1) is 13.2 Å². The van der Waals surface area contributed by atoms with E-state index in [0.29, 0.717) is 12.5 Å². The molecule has 1 rings (SSSR count). The first-order valence-electron chi connectivity index (χ1n) is 7.16. The third kappa shape index (κ3) is 5.85. The molecule has 5 nitrogen and oxygen atoms in total. The molecule has 0 radical (unpaired) electrons. The van der Waals surface area contributed by atoms with Crippen molar-refractivity contribution in [1.82, 2.24) is 10.6 Å². The molecular formula is C16H24N2O3. The Bertz CT molecular complexity index is 469. The molecule has 0 aliphatic heterocycles. The van der Waals surface area contributed by atoms with Crippen molar-refractivity contribution in [1.29, 1.82) is 0 Å². The van der Waals surface area contributed by atoms with Crippen LogP contribution in [0, 0.1) is 5.92 Å². The summed E-state index contributed by atoms with van der Waals surface area (Å²) in [6.07, 6.45) is 0.854. The standard InChI is InChI=1S/C16H24N2O3/c1-11(2)9-10-17-15(19)16(20)18-12(3)13-5-7-14(21-4)8-6-13/h5-8,11-12H,9-10H2,1-4H3,(H,17,19)(H,18,20). The van der Waals surface area contributed by atoms with Crippen molar-refractivity contribution in [3.05, 3.63) is 29.8 Å². The molecule has 1 aromatic rings. The van der Waals surface area contributed by atoms with Crippen molar-refractivity contribution in [2.24, 2.45) is 5.92 Å². The number of methoxy groups -OCH3 is 1. The van der Waals surface area contributed by atoms with Crippen molar-refractivity contribution >= 4 is 11.8 Å². The van der Waals surface area contributed by atoms with Crippen LogP contribution in [0.3, 0.4) is 0 Å². The summed E-state index contributed by atoms with van der Waals surface area (Å²) >= 11 is 0. The van der Waals surface area contributed by atoms with Gasteiger partial charge in [0, 0.05) is 6.54 Å². The fraction of sp³-hybridized carbons (Fsp3) is 0.500. The highest BCUT2D eigenvalue weighted by Gasteiger charge is 2.16. The highest BCUT2D eigenvalue weighted by Crippen LogP contribution is 2.16. The van der Waals surface area contributed by atoms with E-state index in [1.165, 1.54) is 0 Å². The van der Waals surface area contributed by atoms with E-state index >= 15 is 0 Å². The Balaban J connectivity index is 2.46. The number of amides is 2. The van der Waals surface area contributed by atoms with E-state index in [2.05, 4.69) is 24.5 Å². The summed E-state index contributed by atoms with van der Waals surface area (Å²) in [4.78, 5) is 23.4. The largest absolute Gasteiger partial charge is 0.497 e. The zero-order valence-electron chi connectivity index (χ0n) is 13.1. The number of ether oxygens (including phenoxy) is 1. The zero-order chi connectivity index (χ0) is 15.8. The SMILES string of the molecule is COc1ccc(C(C)NC(=O)C(=O)NCCC(C)C)cc1. The Kier molecular flexibility index (Phi) is 6.72. The molecule has 116 valence electrons. The van der Waals surface area contributed by atoms with Crippen LogP contribution in [0.15, 0.2) is 24.3 Å². The number of rotatable bonds is 6. The van der Waals surface area contributed by atoms with Gasteiger partial charge in [-0.3, -0.25) is 9.59 Å². The second-order valence-corrected chi connectivity index (χ2v) is 5.41. The highest BCUT2D eigenvalue weighted by atomic mass is 16.5. The molecule has 0 saturated heterocycles. The lowest BCUT2D eigenvalue weighted by Crippen LogP contribution is -2.41. The number of carbonyl (C=O) groups is 2. The van der Waals surface area contributed by atoms with Crippen LogP contribution >= 0.6 is 0 Å². The fourth-order valence-corrected chi connectivity index (χ4v) is 1.79. The highest BCUT2D eigenvalue weighted by molar-refractivity contribution is 6.35. The van der Waals surface area contributed by atoms with Gasteiger partial charge in [0.25, 0.3) is 0 Å². The Morgan fingerprint density at radius 3 is 2.24 bits per heavy atom. The van der Waals surface area contributed by atoms with Crippen molar-refractivity contribution in [3.8, 4) is 5.75 Å². The summed E-state index contributed by atoms with van der Waals surface area (Å²) < 4.78 is 5.08. The molecule has 0 aliphatic carbocycles. The number of hydrogen-bond acceptors (Lipinski definition) is 3. The van der Waals surface area contributed by atoms with Crippen molar-refractivity contribution in [2.75, 3.05) is 13.7 Å². The summed E-state index contributed by atoms with van der Waals surface area (Å²) in [6.45, 7) is 6.48. The minimum absolute atomic E-state index is 0.237. The topological polar surface area (TPSA) is 67.4 Å². The van der Waals surface area contributed by atoms with Gasteiger partial charge in [-0.2, -0.15) is 0 Å². The summed E-state index contributed by atoms with van der Waals surface area (Å²) in [7, 11) is 1.60. The van der Waals surface area contributed by atoms with E-state index in [-0.39, 0.29) is 6.04 Å². The van der Waals surface area contributed by atoms with Gasteiger partial charge >= 0.3 is 11.8 Å². The van der Waals surface area contributed by atoms with E-state index in [1.54, 1.807) is 7.11 Å². The van der Waals surface area contributed by atoms with Crippen LogP contribution in [0.2, 0.25) is 0 Å². The van der Waals surface area contributed by atoms with E-state index in [4.69, 9.17) is 4.74 Å². The smallest absolute Gasteiger partial charge is 0.309 e. The summed E-state index contributed by atoms with van der Waals surface area (Å²) in [5.41, 5.74) is 0.916. The molecule has 0 spiro atoms. The van der Waals surface area contributed by atoms with Crippen LogP contribution in [0.1, 0.15) is 38.8 Å². The molecule has 21 heavy (non-hydrogen) atoms. The van der Waals surface area contributed by atoms with Crippen LogP contribution in [-0.2, 0) is 9.59 Å². The van der Waals surface area contributed by atoms with Crippen molar-refractivity contribution in [2.45, 2.75) is 33.2 Å². The maximum absolute atomic E-state index is 11.8. The Morgan fingerprint density at radius 1 is 1.10 bits per heavy atom. The van der Waals surface area contributed by atoms with Gasteiger partial charge in [0.1, 0.15) is 5.75 Å². The van der Waals surface area contributed by atoms with Gasteiger partial charge in [-0.1, -0.05) is 26.0 Å². The Labute approximate surface area is 126 Å². The molecule has 0 aromatic heterocycles. The monoisotopic (exact) mass is 292 g/mol. The Morgan fingerprint density at radius 2 is 1.71 bits per heavy atom. The van der Waals surface area contributed by atoms with Gasteiger partial charge in [-0.05, 0) is 37.0 Å². The average molecular weight is 292 g/mol. The molecule has 2 N–H and O–H groups in total. The number of benzene rings is 1. The third-order valence-corrected chi connectivity index (χ3v) is 3.18. The molecule has 1 atom stereocenters. The molecule has 5 heteroatoms. The summed E-state index contributed by atoms with van der Waals surface area (Å²) in [5.74, 6) is 0.0494. The Hall–Kier alpha value is -2.04. The molecule has 0 fully saturated rings. The van der Waals surface area contributed by atoms with Crippen LogP contribution in [0.5, 0.6) is 5.75 Å². The molecule has 0 heterocycles. The van der Waals surface area contributed by atoms with Gasteiger partial charge < -0.3 is 15.4 Å². The van der Waals surface area contributed by atoms with Gasteiger partial charge in [0.2, 0.25) is 0 Å². The van der Waals surface area contributed by atoms with Crippen molar-refractivity contribution < 1.29 is 14.3 Å². The zero-order valence-corrected chi connectivity index (χ0v) is 13.1. The molecule has 1 aromatic carbocycles. The lowest BCUT2D eigenvalue weighted by molar-refractivity contribution is -0.139. The third-order valence-electron chi connectivity index (χ3n) is 3.18. The van der Waals surface area contributed by atoms with Gasteiger partial charge in [0.15, 0.2) is 0 Å². The van der Waals surface area contributed by atoms with E-state index in [9.17, 15) is 9.59 Å². The molecule has 0 saturated carbocycles. The minimum atomic E-state index is -0.609. The summed E-state index contributed by atoms with van der Waals surface area (Å²) in [5, 5.41) is 5.30. The quantitative estimate of drug-likeness (QED) is 0.788.